The molecule has 26 heavy (non-hydrogen) atoms. The van der Waals surface area contributed by atoms with Crippen molar-refractivity contribution >= 4 is 6.03 Å². The van der Waals surface area contributed by atoms with Gasteiger partial charge in [0.1, 0.15) is 5.82 Å². The highest BCUT2D eigenvalue weighted by atomic mass is 19.4. The molecule has 1 aliphatic heterocycles. The Labute approximate surface area is 150 Å². The van der Waals surface area contributed by atoms with E-state index in [1.165, 1.54) is 17.0 Å². The molecule has 0 bridgehead atoms. The number of nitrogens with one attached hydrogen (secondary N) is 1. The van der Waals surface area contributed by atoms with Crippen LogP contribution in [0.1, 0.15) is 24.8 Å². The van der Waals surface area contributed by atoms with Gasteiger partial charge in [-0.2, -0.15) is 13.2 Å². The smallest absolute Gasteiger partial charge is 0.337 e. The highest BCUT2D eigenvalue weighted by Crippen LogP contribution is 2.47. The molecule has 1 saturated carbocycles. The van der Waals surface area contributed by atoms with Gasteiger partial charge in [-0.3, -0.25) is 4.90 Å². The number of amides is 2. The van der Waals surface area contributed by atoms with Crippen molar-refractivity contribution in [3.05, 3.63) is 35.6 Å². The van der Waals surface area contributed by atoms with Crippen molar-refractivity contribution in [3.8, 4) is 0 Å². The summed E-state index contributed by atoms with van der Waals surface area (Å²) in [7, 11) is 0. The topological polar surface area (TPSA) is 35.6 Å². The van der Waals surface area contributed by atoms with E-state index in [2.05, 4.69) is 5.32 Å². The van der Waals surface area contributed by atoms with Crippen molar-refractivity contribution in [1.29, 1.82) is 0 Å². The summed E-state index contributed by atoms with van der Waals surface area (Å²) in [5.41, 5.74) is 0.865. The average Bonchev–Trinajstić information content (AvgIpc) is 3.37. The molecule has 3 rings (SSSR count). The van der Waals surface area contributed by atoms with E-state index in [1.807, 2.05) is 0 Å². The van der Waals surface area contributed by atoms with E-state index in [0.29, 0.717) is 26.1 Å². The molecule has 0 atom stereocenters. The van der Waals surface area contributed by atoms with E-state index in [9.17, 15) is 22.4 Å². The maximum atomic E-state index is 13.1. The maximum Gasteiger partial charge on any atom is 0.401 e. The lowest BCUT2D eigenvalue weighted by atomic mass is 9.96. The van der Waals surface area contributed by atoms with Gasteiger partial charge in [0.15, 0.2) is 0 Å². The van der Waals surface area contributed by atoms with Crippen molar-refractivity contribution in [2.75, 3.05) is 39.3 Å². The number of hydrogen-bond donors (Lipinski definition) is 1. The summed E-state index contributed by atoms with van der Waals surface area (Å²) in [5.74, 6) is -0.290. The van der Waals surface area contributed by atoms with Gasteiger partial charge < -0.3 is 10.2 Å². The summed E-state index contributed by atoms with van der Waals surface area (Å²) in [5, 5.41) is 2.91. The van der Waals surface area contributed by atoms with Gasteiger partial charge in [-0.15, -0.1) is 0 Å². The fraction of sp³-hybridized carbons (Fsp3) is 0.611. The monoisotopic (exact) mass is 373 g/mol. The van der Waals surface area contributed by atoms with Crippen LogP contribution in [0.2, 0.25) is 0 Å². The number of urea groups is 1. The first kappa shape index (κ1) is 18.9. The Morgan fingerprint density at radius 2 is 1.77 bits per heavy atom. The standard InChI is InChI=1S/C18H23F4N3O/c19-15-4-2-14(3-5-15)17(6-7-17)12-23-16(26)25-9-1-8-24(10-11-25)13-18(20,21)22/h2-5H,1,6-13H2,(H,23,26). The van der Waals surface area contributed by atoms with Crippen LogP contribution in [0, 0.1) is 5.82 Å². The number of halogens is 4. The lowest BCUT2D eigenvalue weighted by Gasteiger charge is -2.24. The quantitative estimate of drug-likeness (QED) is 0.823. The fourth-order valence-corrected chi connectivity index (χ4v) is 3.46. The minimum atomic E-state index is -4.22. The number of rotatable bonds is 4. The zero-order chi connectivity index (χ0) is 18.8. The first-order valence-corrected chi connectivity index (χ1v) is 8.85. The molecule has 1 heterocycles. The summed E-state index contributed by atoms with van der Waals surface area (Å²) < 4.78 is 50.6. The maximum absolute atomic E-state index is 13.1. The minimum absolute atomic E-state index is 0.141. The van der Waals surface area contributed by atoms with E-state index >= 15 is 0 Å². The summed E-state index contributed by atoms with van der Waals surface area (Å²) in [6.45, 7) is 0.810. The van der Waals surface area contributed by atoms with Crippen LogP contribution < -0.4 is 5.32 Å². The van der Waals surface area contributed by atoms with Crippen LogP contribution in [0.5, 0.6) is 0 Å². The fourth-order valence-electron chi connectivity index (χ4n) is 3.46. The molecule has 1 aliphatic carbocycles. The number of nitrogens with zero attached hydrogens (tertiary/aromatic N) is 2. The van der Waals surface area contributed by atoms with Crippen LogP contribution in [0.3, 0.4) is 0 Å². The molecule has 1 aromatic rings. The molecule has 1 aromatic carbocycles. The molecule has 0 radical (unpaired) electrons. The summed E-state index contributed by atoms with van der Waals surface area (Å²) in [6, 6.07) is 6.08. The molecule has 1 N–H and O–H groups in total. The molecule has 2 fully saturated rings. The van der Waals surface area contributed by atoms with Gasteiger partial charge >= 0.3 is 12.2 Å². The molecule has 1 saturated heterocycles. The highest BCUT2D eigenvalue weighted by Gasteiger charge is 2.44. The first-order chi connectivity index (χ1) is 12.3. The van der Waals surface area contributed by atoms with Crippen molar-refractivity contribution in [2.45, 2.75) is 30.9 Å². The largest absolute Gasteiger partial charge is 0.401 e. The number of hydrogen-bond acceptors (Lipinski definition) is 2. The number of carbonyl (C=O) groups is 1. The Morgan fingerprint density at radius 3 is 2.38 bits per heavy atom. The van der Waals surface area contributed by atoms with Gasteiger partial charge in [-0.05, 0) is 37.0 Å². The second-order valence-electron chi connectivity index (χ2n) is 7.18. The number of carbonyl (C=O) groups excluding carboxylic acids is 1. The Morgan fingerprint density at radius 1 is 1.08 bits per heavy atom. The van der Waals surface area contributed by atoms with E-state index in [1.54, 1.807) is 17.0 Å². The van der Waals surface area contributed by atoms with Crippen LogP contribution in [0.15, 0.2) is 24.3 Å². The zero-order valence-corrected chi connectivity index (χ0v) is 14.5. The lowest BCUT2D eigenvalue weighted by molar-refractivity contribution is -0.145. The Kier molecular flexibility index (Phi) is 5.41. The van der Waals surface area contributed by atoms with Gasteiger partial charge in [-0.25, -0.2) is 9.18 Å². The molecule has 8 heteroatoms. The average molecular weight is 373 g/mol. The Bertz CT molecular complexity index is 628. The third-order valence-corrected chi connectivity index (χ3v) is 5.17. The predicted molar refractivity (Wildman–Crippen MR) is 89.4 cm³/mol. The van der Waals surface area contributed by atoms with Crippen LogP contribution in [0.25, 0.3) is 0 Å². The van der Waals surface area contributed by atoms with Crippen molar-refractivity contribution < 1.29 is 22.4 Å². The molecule has 144 valence electrons. The van der Waals surface area contributed by atoms with E-state index < -0.39 is 12.7 Å². The van der Waals surface area contributed by atoms with Crippen molar-refractivity contribution in [3.63, 3.8) is 0 Å². The van der Waals surface area contributed by atoms with Crippen molar-refractivity contribution in [1.82, 2.24) is 15.1 Å². The second-order valence-corrected chi connectivity index (χ2v) is 7.18. The Hall–Kier alpha value is -1.83. The highest BCUT2D eigenvalue weighted by molar-refractivity contribution is 5.74. The van der Waals surface area contributed by atoms with Crippen LogP contribution >= 0.6 is 0 Å². The van der Waals surface area contributed by atoms with E-state index in [-0.39, 0.29) is 30.4 Å². The summed E-state index contributed by atoms with van der Waals surface area (Å²) in [4.78, 5) is 15.3. The van der Waals surface area contributed by atoms with Gasteiger partial charge in [-0.1, -0.05) is 12.1 Å². The van der Waals surface area contributed by atoms with Crippen LogP contribution in [-0.4, -0.2) is 61.3 Å². The van der Waals surface area contributed by atoms with Crippen LogP contribution in [-0.2, 0) is 5.41 Å². The number of alkyl halides is 3. The number of benzene rings is 1. The van der Waals surface area contributed by atoms with Crippen LogP contribution in [0.4, 0.5) is 22.4 Å². The van der Waals surface area contributed by atoms with Gasteiger partial charge in [0, 0.05) is 38.1 Å². The van der Waals surface area contributed by atoms with Gasteiger partial charge in [0.2, 0.25) is 0 Å². The second kappa shape index (κ2) is 7.42. The van der Waals surface area contributed by atoms with E-state index in [0.717, 1.165) is 18.4 Å². The molecular formula is C18H23F4N3O. The van der Waals surface area contributed by atoms with Crippen molar-refractivity contribution in [2.24, 2.45) is 0 Å². The molecule has 2 aliphatic rings. The molecule has 0 spiro atoms. The molecule has 0 aromatic heterocycles. The molecular weight excluding hydrogens is 350 g/mol. The third kappa shape index (κ3) is 4.87. The molecule has 4 nitrogen and oxygen atoms in total. The van der Waals surface area contributed by atoms with Gasteiger partial charge in [0.25, 0.3) is 0 Å². The Balaban J connectivity index is 1.50. The summed E-state index contributed by atoms with van der Waals surface area (Å²) >= 11 is 0. The predicted octanol–water partition coefficient (Wildman–Crippen LogP) is 3.14. The third-order valence-electron chi connectivity index (χ3n) is 5.17. The molecule has 0 unspecified atom stereocenters. The minimum Gasteiger partial charge on any atom is -0.337 e. The first-order valence-electron chi connectivity index (χ1n) is 8.85. The SMILES string of the molecule is O=C(NCC1(c2ccc(F)cc2)CC1)N1CCCN(CC(F)(F)F)CC1. The normalized spacial score (nSPS) is 20.5. The van der Waals surface area contributed by atoms with Gasteiger partial charge in [0.05, 0.1) is 6.54 Å². The lowest BCUT2D eigenvalue weighted by Crippen LogP contribution is -2.45. The van der Waals surface area contributed by atoms with E-state index in [4.69, 9.17) is 0 Å². The summed E-state index contributed by atoms with van der Waals surface area (Å²) in [6.07, 6.45) is -1.84. The molecule has 2 amide bonds. The zero-order valence-electron chi connectivity index (χ0n) is 14.5.